The van der Waals surface area contributed by atoms with E-state index in [-0.39, 0.29) is 30.1 Å². The van der Waals surface area contributed by atoms with Crippen LogP contribution in [0.1, 0.15) is 33.6 Å². The zero-order valence-electron chi connectivity index (χ0n) is 13.7. The van der Waals surface area contributed by atoms with Crippen LogP contribution in [-0.2, 0) is 4.74 Å². The van der Waals surface area contributed by atoms with Gasteiger partial charge in [0.2, 0.25) is 0 Å². The molecule has 20 heavy (non-hydrogen) atoms. The summed E-state index contributed by atoms with van der Waals surface area (Å²) >= 11 is 0. The van der Waals surface area contributed by atoms with E-state index in [4.69, 9.17) is 10.5 Å². The first kappa shape index (κ1) is 22.2. The second kappa shape index (κ2) is 13.9. The number of guanidine groups is 1. The Morgan fingerprint density at radius 1 is 1.30 bits per heavy atom. The van der Waals surface area contributed by atoms with Gasteiger partial charge >= 0.3 is 0 Å². The molecule has 3 N–H and O–H groups in total. The highest BCUT2D eigenvalue weighted by molar-refractivity contribution is 14.0. The quantitative estimate of drug-likeness (QED) is 0.334. The Morgan fingerprint density at radius 2 is 1.95 bits per heavy atom. The molecule has 0 aromatic carbocycles. The number of nitrogens with two attached hydrogens (primary N) is 1. The molecule has 1 atom stereocenters. The Bertz CT molecular complexity index is 247. The molecule has 0 rings (SSSR count). The predicted octanol–water partition coefficient (Wildman–Crippen LogP) is 1.91. The van der Waals surface area contributed by atoms with Gasteiger partial charge in [-0.05, 0) is 39.8 Å². The van der Waals surface area contributed by atoms with Crippen LogP contribution in [0.2, 0.25) is 0 Å². The van der Waals surface area contributed by atoms with E-state index in [0.717, 1.165) is 25.9 Å². The Kier molecular flexibility index (Phi) is 15.4. The summed E-state index contributed by atoms with van der Waals surface area (Å²) < 4.78 is 5.67. The number of halogens is 1. The first-order valence-corrected chi connectivity index (χ1v) is 7.25. The number of nitrogens with zero attached hydrogens (tertiary/aromatic N) is 2. The minimum absolute atomic E-state index is 0. The lowest BCUT2D eigenvalue weighted by molar-refractivity contribution is 0.0582. The molecular formula is C14H33IN4O. The Labute approximate surface area is 141 Å². The molecule has 0 amide bonds. The van der Waals surface area contributed by atoms with Gasteiger partial charge in [-0.3, -0.25) is 4.99 Å². The molecule has 0 saturated carbocycles. The standard InChI is InChI=1S/C14H32N4O.HI/c1-6-19-13(8-10-18(4)5)11-17-14(15)16-9-7-12(2)3;/h12-13H,6-11H2,1-5H3,(H3,15,16,17);1H. The van der Waals surface area contributed by atoms with Crippen LogP contribution in [0, 0.1) is 5.92 Å². The van der Waals surface area contributed by atoms with Crippen LogP contribution in [0.4, 0.5) is 0 Å². The number of hydrogen-bond acceptors (Lipinski definition) is 3. The predicted molar refractivity (Wildman–Crippen MR) is 97.9 cm³/mol. The highest BCUT2D eigenvalue weighted by atomic mass is 127. The lowest BCUT2D eigenvalue weighted by Crippen LogP contribution is -2.34. The maximum Gasteiger partial charge on any atom is 0.188 e. The molecule has 0 aliphatic carbocycles. The van der Waals surface area contributed by atoms with Crippen molar-refractivity contribution >= 4 is 29.9 Å². The van der Waals surface area contributed by atoms with Crippen LogP contribution in [0.3, 0.4) is 0 Å². The van der Waals surface area contributed by atoms with Crippen LogP contribution >= 0.6 is 24.0 Å². The van der Waals surface area contributed by atoms with E-state index < -0.39 is 0 Å². The van der Waals surface area contributed by atoms with Crippen LogP contribution in [0.15, 0.2) is 4.99 Å². The summed E-state index contributed by atoms with van der Waals surface area (Å²) in [4.78, 5) is 6.51. The molecule has 0 aromatic rings. The second-order valence-electron chi connectivity index (χ2n) is 5.50. The maximum atomic E-state index is 5.83. The van der Waals surface area contributed by atoms with Gasteiger partial charge < -0.3 is 20.7 Å². The van der Waals surface area contributed by atoms with Gasteiger partial charge in [-0.1, -0.05) is 13.8 Å². The maximum absolute atomic E-state index is 5.83. The van der Waals surface area contributed by atoms with Gasteiger partial charge in [0.15, 0.2) is 5.96 Å². The third-order valence-electron chi connectivity index (χ3n) is 2.79. The molecule has 0 bridgehead atoms. The van der Waals surface area contributed by atoms with Crippen molar-refractivity contribution in [2.24, 2.45) is 16.6 Å². The van der Waals surface area contributed by atoms with Gasteiger partial charge in [-0.15, -0.1) is 24.0 Å². The third kappa shape index (κ3) is 14.3. The van der Waals surface area contributed by atoms with Crippen molar-refractivity contribution in [1.82, 2.24) is 10.2 Å². The fourth-order valence-electron chi connectivity index (χ4n) is 1.61. The van der Waals surface area contributed by atoms with Gasteiger partial charge in [-0.25, -0.2) is 0 Å². The minimum Gasteiger partial charge on any atom is -0.377 e. The number of rotatable bonds is 10. The van der Waals surface area contributed by atoms with E-state index in [0.29, 0.717) is 25.0 Å². The van der Waals surface area contributed by atoms with E-state index in [1.807, 2.05) is 6.92 Å². The smallest absolute Gasteiger partial charge is 0.188 e. The fourth-order valence-corrected chi connectivity index (χ4v) is 1.61. The number of hydrogen-bond donors (Lipinski definition) is 2. The zero-order chi connectivity index (χ0) is 14.7. The van der Waals surface area contributed by atoms with Gasteiger partial charge in [-0.2, -0.15) is 0 Å². The summed E-state index contributed by atoms with van der Waals surface area (Å²) in [5.74, 6) is 1.20. The molecule has 0 aliphatic heterocycles. The lowest BCUT2D eigenvalue weighted by Gasteiger charge is -2.18. The van der Waals surface area contributed by atoms with Gasteiger partial charge in [0, 0.05) is 19.7 Å². The van der Waals surface area contributed by atoms with Gasteiger partial charge in [0.1, 0.15) is 0 Å². The molecule has 122 valence electrons. The third-order valence-corrected chi connectivity index (χ3v) is 2.79. The van der Waals surface area contributed by atoms with E-state index in [1.165, 1.54) is 0 Å². The SMILES string of the molecule is CCOC(CCN(C)C)CN=C(N)NCCC(C)C.I. The number of aliphatic imine (C=N–C) groups is 1. The van der Waals surface area contributed by atoms with Crippen molar-refractivity contribution in [2.45, 2.75) is 39.7 Å². The summed E-state index contributed by atoms with van der Waals surface area (Å²) in [7, 11) is 4.13. The summed E-state index contributed by atoms with van der Waals surface area (Å²) in [6.45, 7) is 9.63. The highest BCUT2D eigenvalue weighted by Gasteiger charge is 2.08. The van der Waals surface area contributed by atoms with Crippen molar-refractivity contribution in [3.8, 4) is 0 Å². The van der Waals surface area contributed by atoms with Crippen molar-refractivity contribution < 1.29 is 4.74 Å². The molecule has 0 aliphatic rings. The van der Waals surface area contributed by atoms with E-state index in [9.17, 15) is 0 Å². The zero-order valence-corrected chi connectivity index (χ0v) is 16.0. The molecule has 0 aromatic heterocycles. The number of nitrogens with one attached hydrogen (secondary N) is 1. The van der Waals surface area contributed by atoms with E-state index in [1.54, 1.807) is 0 Å². The van der Waals surface area contributed by atoms with Crippen LogP contribution < -0.4 is 11.1 Å². The molecule has 5 nitrogen and oxygen atoms in total. The van der Waals surface area contributed by atoms with Crippen molar-refractivity contribution in [3.63, 3.8) is 0 Å². The molecule has 0 spiro atoms. The number of ether oxygens (including phenoxy) is 1. The fraction of sp³-hybridized carbons (Fsp3) is 0.929. The first-order chi connectivity index (χ1) is 8.95. The van der Waals surface area contributed by atoms with Crippen LogP contribution in [-0.4, -0.2) is 57.3 Å². The molecular weight excluding hydrogens is 367 g/mol. The molecule has 0 saturated heterocycles. The Morgan fingerprint density at radius 3 is 2.45 bits per heavy atom. The van der Waals surface area contributed by atoms with E-state index >= 15 is 0 Å². The van der Waals surface area contributed by atoms with Crippen molar-refractivity contribution in [3.05, 3.63) is 0 Å². The normalized spacial score (nSPS) is 13.4. The topological polar surface area (TPSA) is 62.9 Å². The Hall–Kier alpha value is -0.0800. The molecule has 0 fully saturated rings. The highest BCUT2D eigenvalue weighted by Crippen LogP contribution is 2.01. The summed E-state index contributed by atoms with van der Waals surface area (Å²) in [6, 6.07) is 0. The first-order valence-electron chi connectivity index (χ1n) is 7.25. The largest absolute Gasteiger partial charge is 0.377 e. The summed E-state index contributed by atoms with van der Waals surface area (Å²) in [5.41, 5.74) is 5.83. The second-order valence-corrected chi connectivity index (χ2v) is 5.50. The molecule has 0 radical (unpaired) electrons. The van der Waals surface area contributed by atoms with Crippen molar-refractivity contribution in [2.75, 3.05) is 40.3 Å². The molecule has 6 heteroatoms. The average Bonchev–Trinajstić information content (AvgIpc) is 2.32. The summed E-state index contributed by atoms with van der Waals surface area (Å²) in [5, 5.41) is 3.14. The van der Waals surface area contributed by atoms with Crippen molar-refractivity contribution in [1.29, 1.82) is 0 Å². The van der Waals surface area contributed by atoms with Crippen LogP contribution in [0.25, 0.3) is 0 Å². The monoisotopic (exact) mass is 400 g/mol. The van der Waals surface area contributed by atoms with Gasteiger partial charge in [0.05, 0.1) is 12.6 Å². The average molecular weight is 400 g/mol. The Balaban J connectivity index is 0. The van der Waals surface area contributed by atoms with Crippen LogP contribution in [0.5, 0.6) is 0 Å². The summed E-state index contributed by atoms with van der Waals surface area (Å²) in [6.07, 6.45) is 2.23. The molecule has 0 heterocycles. The molecule has 1 unspecified atom stereocenters. The minimum atomic E-state index is 0. The lowest BCUT2D eigenvalue weighted by atomic mass is 10.1. The van der Waals surface area contributed by atoms with E-state index in [2.05, 4.69) is 43.2 Å². The van der Waals surface area contributed by atoms with Gasteiger partial charge in [0.25, 0.3) is 0 Å².